The molecule has 1 rings (SSSR count). The van der Waals surface area contributed by atoms with Gasteiger partial charge in [-0.2, -0.15) is 0 Å². The molecular weight excluding hydrogens is 192 g/mol. The van der Waals surface area contributed by atoms with Gasteiger partial charge in [0.05, 0.1) is 5.56 Å². The highest BCUT2D eigenvalue weighted by Crippen LogP contribution is 2.13. The van der Waals surface area contributed by atoms with Crippen LogP contribution in [0.2, 0.25) is 0 Å². The number of aromatic carboxylic acids is 1. The predicted molar refractivity (Wildman–Crippen MR) is 58.9 cm³/mol. The van der Waals surface area contributed by atoms with Gasteiger partial charge < -0.3 is 10.2 Å². The van der Waals surface area contributed by atoms with E-state index in [-0.39, 0.29) is 12.2 Å². The van der Waals surface area contributed by atoms with E-state index in [0.717, 1.165) is 5.56 Å². The number of rotatable bonds is 4. The van der Waals surface area contributed by atoms with Crippen molar-refractivity contribution < 1.29 is 15.0 Å². The van der Waals surface area contributed by atoms with Crippen molar-refractivity contribution in [1.82, 2.24) is 0 Å². The Kier molecular flexibility index (Phi) is 4.06. The Morgan fingerprint density at radius 2 is 2.20 bits per heavy atom. The van der Waals surface area contributed by atoms with E-state index in [1.54, 1.807) is 24.3 Å². The summed E-state index contributed by atoms with van der Waals surface area (Å²) in [4.78, 5) is 10.9. The number of aryl methyl sites for hydroxylation is 1. The first-order valence-corrected chi connectivity index (χ1v) is 4.76. The highest BCUT2D eigenvalue weighted by molar-refractivity contribution is 5.92. The molecule has 3 nitrogen and oxygen atoms in total. The fraction of sp³-hybridized carbons (Fsp3) is 0.250. The van der Waals surface area contributed by atoms with Crippen LogP contribution in [0.25, 0.3) is 6.08 Å². The fourth-order valence-electron chi connectivity index (χ4n) is 1.30. The molecule has 0 aliphatic heterocycles. The second kappa shape index (κ2) is 5.32. The third kappa shape index (κ3) is 3.22. The zero-order valence-electron chi connectivity index (χ0n) is 8.60. The Balaban J connectivity index is 3.02. The number of hydrogen-bond donors (Lipinski definition) is 2. The molecule has 2 N–H and O–H groups in total. The van der Waals surface area contributed by atoms with E-state index < -0.39 is 5.97 Å². The van der Waals surface area contributed by atoms with Gasteiger partial charge in [0.2, 0.25) is 0 Å². The van der Waals surface area contributed by atoms with Crippen LogP contribution >= 0.6 is 0 Å². The lowest BCUT2D eigenvalue weighted by atomic mass is 10.0. The second-order valence-electron chi connectivity index (χ2n) is 3.31. The van der Waals surface area contributed by atoms with Crippen LogP contribution in [-0.4, -0.2) is 22.8 Å². The van der Waals surface area contributed by atoms with Gasteiger partial charge in [0.25, 0.3) is 0 Å². The zero-order valence-corrected chi connectivity index (χ0v) is 8.60. The average Bonchev–Trinajstić information content (AvgIpc) is 2.18. The largest absolute Gasteiger partial charge is 0.478 e. The van der Waals surface area contributed by atoms with Crippen LogP contribution in [0.4, 0.5) is 0 Å². The Labute approximate surface area is 88.7 Å². The molecule has 0 bridgehead atoms. The number of aliphatic hydroxyl groups excluding tert-OH is 1. The molecule has 80 valence electrons. The maximum Gasteiger partial charge on any atom is 0.336 e. The van der Waals surface area contributed by atoms with Gasteiger partial charge in [-0.3, -0.25) is 0 Å². The lowest BCUT2D eigenvalue weighted by Gasteiger charge is -2.02. The molecule has 0 heterocycles. The number of carbonyl (C=O) groups is 1. The lowest BCUT2D eigenvalue weighted by molar-refractivity contribution is 0.0696. The van der Waals surface area contributed by atoms with Gasteiger partial charge >= 0.3 is 5.97 Å². The summed E-state index contributed by atoms with van der Waals surface area (Å²) in [6.07, 6.45) is 4.03. The van der Waals surface area contributed by atoms with Crippen molar-refractivity contribution in [1.29, 1.82) is 0 Å². The monoisotopic (exact) mass is 206 g/mol. The maximum absolute atomic E-state index is 10.9. The molecule has 0 unspecified atom stereocenters. The maximum atomic E-state index is 10.9. The van der Waals surface area contributed by atoms with Crippen molar-refractivity contribution in [2.75, 3.05) is 6.61 Å². The Hall–Kier alpha value is -1.61. The number of benzene rings is 1. The summed E-state index contributed by atoms with van der Waals surface area (Å²) in [6, 6.07) is 5.18. The number of carboxylic acid groups (broad SMARTS) is 1. The molecule has 0 aliphatic rings. The first kappa shape index (κ1) is 11.5. The quantitative estimate of drug-likeness (QED) is 0.793. The third-order valence-corrected chi connectivity index (χ3v) is 2.03. The molecule has 1 aromatic carbocycles. The first-order chi connectivity index (χ1) is 7.15. The van der Waals surface area contributed by atoms with Gasteiger partial charge in [0.15, 0.2) is 0 Å². The minimum absolute atomic E-state index is 0.0741. The Morgan fingerprint density at radius 1 is 1.47 bits per heavy atom. The van der Waals surface area contributed by atoms with Crippen molar-refractivity contribution >= 4 is 12.0 Å². The van der Waals surface area contributed by atoms with E-state index >= 15 is 0 Å². The fourth-order valence-corrected chi connectivity index (χ4v) is 1.30. The summed E-state index contributed by atoms with van der Waals surface area (Å²) in [5.41, 5.74) is 1.98. The molecule has 0 saturated heterocycles. The topological polar surface area (TPSA) is 57.5 Å². The van der Waals surface area contributed by atoms with Gasteiger partial charge in [-0.05, 0) is 25.0 Å². The predicted octanol–water partition coefficient (Wildman–Crippen LogP) is 2.09. The molecule has 0 amide bonds. The van der Waals surface area contributed by atoms with Crippen LogP contribution in [0.15, 0.2) is 24.3 Å². The van der Waals surface area contributed by atoms with Crippen LogP contribution in [0, 0.1) is 6.92 Å². The molecule has 0 atom stereocenters. The minimum Gasteiger partial charge on any atom is -0.478 e. The van der Waals surface area contributed by atoms with Crippen LogP contribution in [-0.2, 0) is 0 Å². The van der Waals surface area contributed by atoms with Gasteiger partial charge in [-0.1, -0.05) is 29.8 Å². The van der Waals surface area contributed by atoms with Crippen molar-refractivity contribution in [3.05, 3.63) is 41.0 Å². The van der Waals surface area contributed by atoms with Crippen LogP contribution in [0.3, 0.4) is 0 Å². The Morgan fingerprint density at radius 3 is 2.80 bits per heavy atom. The first-order valence-electron chi connectivity index (χ1n) is 4.76. The Bertz CT molecular complexity index is 380. The summed E-state index contributed by atoms with van der Waals surface area (Å²) in [5.74, 6) is -0.932. The molecule has 0 radical (unpaired) electrons. The van der Waals surface area contributed by atoms with Gasteiger partial charge in [0.1, 0.15) is 0 Å². The van der Waals surface area contributed by atoms with E-state index in [4.69, 9.17) is 10.2 Å². The van der Waals surface area contributed by atoms with E-state index in [2.05, 4.69) is 0 Å². The smallest absolute Gasteiger partial charge is 0.336 e. The molecule has 3 heteroatoms. The van der Waals surface area contributed by atoms with Gasteiger partial charge in [0, 0.05) is 6.61 Å². The molecule has 0 spiro atoms. The second-order valence-corrected chi connectivity index (χ2v) is 3.31. The SMILES string of the molecule is Cc1ccc(C(=O)O)c(C=CCCO)c1. The van der Waals surface area contributed by atoms with E-state index in [1.807, 2.05) is 13.0 Å². The number of carboxylic acids is 1. The van der Waals surface area contributed by atoms with Crippen LogP contribution < -0.4 is 0 Å². The van der Waals surface area contributed by atoms with E-state index in [1.165, 1.54) is 0 Å². The average molecular weight is 206 g/mol. The summed E-state index contributed by atoms with van der Waals surface area (Å²) in [6.45, 7) is 1.99. The summed E-state index contributed by atoms with van der Waals surface area (Å²) < 4.78 is 0. The highest BCUT2D eigenvalue weighted by atomic mass is 16.4. The van der Waals surface area contributed by atoms with Gasteiger partial charge in [-0.25, -0.2) is 4.79 Å². The highest BCUT2D eigenvalue weighted by Gasteiger charge is 2.06. The van der Waals surface area contributed by atoms with E-state index in [0.29, 0.717) is 12.0 Å². The molecule has 0 saturated carbocycles. The van der Waals surface area contributed by atoms with Crippen molar-refractivity contribution in [2.45, 2.75) is 13.3 Å². The van der Waals surface area contributed by atoms with Crippen LogP contribution in [0.1, 0.15) is 27.9 Å². The van der Waals surface area contributed by atoms with Crippen LogP contribution in [0.5, 0.6) is 0 Å². The standard InChI is InChI=1S/C12H14O3/c1-9-5-6-11(12(14)15)10(8-9)4-2-3-7-13/h2,4-6,8,13H,3,7H2,1H3,(H,14,15). The van der Waals surface area contributed by atoms with Crippen molar-refractivity contribution in [3.8, 4) is 0 Å². The lowest BCUT2D eigenvalue weighted by Crippen LogP contribution is -1.99. The molecule has 1 aromatic rings. The molecule has 15 heavy (non-hydrogen) atoms. The normalized spacial score (nSPS) is 10.8. The van der Waals surface area contributed by atoms with E-state index in [9.17, 15) is 4.79 Å². The molecule has 0 aliphatic carbocycles. The third-order valence-electron chi connectivity index (χ3n) is 2.03. The van der Waals surface area contributed by atoms with Crippen molar-refractivity contribution in [2.24, 2.45) is 0 Å². The zero-order chi connectivity index (χ0) is 11.3. The molecule has 0 fully saturated rings. The molecular formula is C12H14O3. The summed E-state index contributed by atoms with van der Waals surface area (Å²) in [5, 5.41) is 17.5. The number of aliphatic hydroxyl groups is 1. The summed E-state index contributed by atoms with van der Waals surface area (Å²) >= 11 is 0. The van der Waals surface area contributed by atoms with Crippen molar-refractivity contribution in [3.63, 3.8) is 0 Å². The summed E-state index contributed by atoms with van der Waals surface area (Å²) in [7, 11) is 0. The van der Waals surface area contributed by atoms with Gasteiger partial charge in [-0.15, -0.1) is 0 Å². The minimum atomic E-state index is -0.932. The number of hydrogen-bond acceptors (Lipinski definition) is 2. The molecule has 0 aromatic heterocycles.